The molecule has 1 aromatic rings. The van der Waals surface area contributed by atoms with Crippen molar-refractivity contribution >= 4 is 35.2 Å². The molecule has 1 heterocycles. The fourth-order valence-electron chi connectivity index (χ4n) is 1.87. The number of amides is 2. The van der Waals surface area contributed by atoms with E-state index in [9.17, 15) is 9.59 Å². The zero-order chi connectivity index (χ0) is 14.5. The number of benzene rings is 1. The Labute approximate surface area is 126 Å². The monoisotopic (exact) mass is 316 g/mol. The highest BCUT2D eigenvalue weighted by Gasteiger charge is 2.20. The SMILES string of the molecule is O=C(NCCCN1CCOC1=O)c1ccc(Cl)cc1Cl. The molecule has 2 rings (SSSR count). The Balaban J connectivity index is 1.76. The average molecular weight is 317 g/mol. The number of nitrogens with zero attached hydrogens (tertiary/aromatic N) is 1. The largest absolute Gasteiger partial charge is 0.448 e. The first-order chi connectivity index (χ1) is 9.58. The van der Waals surface area contributed by atoms with Crippen molar-refractivity contribution in [1.29, 1.82) is 0 Å². The topological polar surface area (TPSA) is 58.6 Å². The van der Waals surface area contributed by atoms with Gasteiger partial charge in [0.1, 0.15) is 6.61 Å². The molecule has 0 atom stereocenters. The highest BCUT2D eigenvalue weighted by molar-refractivity contribution is 6.36. The molecule has 0 aromatic heterocycles. The van der Waals surface area contributed by atoms with Crippen molar-refractivity contribution in [2.45, 2.75) is 6.42 Å². The Hall–Kier alpha value is -1.46. The van der Waals surface area contributed by atoms with Crippen LogP contribution in [0.5, 0.6) is 0 Å². The van der Waals surface area contributed by atoms with Gasteiger partial charge in [-0.3, -0.25) is 4.79 Å². The van der Waals surface area contributed by atoms with Crippen molar-refractivity contribution in [3.63, 3.8) is 0 Å². The molecule has 1 aliphatic heterocycles. The van der Waals surface area contributed by atoms with Crippen LogP contribution in [0.15, 0.2) is 18.2 Å². The van der Waals surface area contributed by atoms with Crippen LogP contribution in [0.4, 0.5) is 4.79 Å². The van der Waals surface area contributed by atoms with Crippen LogP contribution < -0.4 is 5.32 Å². The van der Waals surface area contributed by atoms with Crippen molar-refractivity contribution in [2.24, 2.45) is 0 Å². The molecular formula is C13H14Cl2N2O3. The molecule has 2 amide bonds. The van der Waals surface area contributed by atoms with Crippen LogP contribution in [0.1, 0.15) is 16.8 Å². The van der Waals surface area contributed by atoms with E-state index in [1.165, 1.54) is 6.07 Å². The van der Waals surface area contributed by atoms with Crippen molar-refractivity contribution in [3.8, 4) is 0 Å². The third-order valence-corrected chi connectivity index (χ3v) is 3.46. The van der Waals surface area contributed by atoms with Gasteiger partial charge in [0.05, 0.1) is 17.1 Å². The highest BCUT2D eigenvalue weighted by Crippen LogP contribution is 2.20. The van der Waals surface area contributed by atoms with Gasteiger partial charge in [-0.2, -0.15) is 0 Å². The second kappa shape index (κ2) is 6.81. The lowest BCUT2D eigenvalue weighted by atomic mass is 10.2. The zero-order valence-electron chi connectivity index (χ0n) is 10.7. The Morgan fingerprint density at radius 3 is 2.85 bits per heavy atom. The molecule has 0 aliphatic carbocycles. The molecule has 1 N–H and O–H groups in total. The molecule has 20 heavy (non-hydrogen) atoms. The lowest BCUT2D eigenvalue weighted by Crippen LogP contribution is -2.30. The lowest BCUT2D eigenvalue weighted by molar-refractivity contribution is 0.0952. The lowest BCUT2D eigenvalue weighted by Gasteiger charge is -2.12. The third kappa shape index (κ3) is 3.77. The maximum Gasteiger partial charge on any atom is 0.409 e. The molecule has 1 aromatic carbocycles. The van der Waals surface area contributed by atoms with Crippen LogP contribution in [-0.4, -0.2) is 43.1 Å². The fourth-order valence-corrected chi connectivity index (χ4v) is 2.36. The Bertz CT molecular complexity index is 522. The number of carbonyl (C=O) groups is 2. The summed E-state index contributed by atoms with van der Waals surface area (Å²) < 4.78 is 4.81. The summed E-state index contributed by atoms with van der Waals surface area (Å²) in [6.45, 7) is 2.07. The van der Waals surface area contributed by atoms with Crippen LogP contribution >= 0.6 is 23.2 Å². The summed E-state index contributed by atoms with van der Waals surface area (Å²) >= 11 is 11.7. The summed E-state index contributed by atoms with van der Waals surface area (Å²) in [5.41, 5.74) is 0.386. The molecule has 0 radical (unpaired) electrons. The van der Waals surface area contributed by atoms with Crippen LogP contribution in [0.25, 0.3) is 0 Å². The average Bonchev–Trinajstić information content (AvgIpc) is 2.80. The number of ether oxygens (including phenoxy) is 1. The van der Waals surface area contributed by atoms with Gasteiger partial charge in [-0.05, 0) is 24.6 Å². The number of hydrogen-bond acceptors (Lipinski definition) is 3. The van der Waals surface area contributed by atoms with E-state index < -0.39 is 0 Å². The summed E-state index contributed by atoms with van der Waals surface area (Å²) in [7, 11) is 0. The predicted molar refractivity (Wildman–Crippen MR) is 76.3 cm³/mol. The molecule has 1 saturated heterocycles. The summed E-state index contributed by atoms with van der Waals surface area (Å²) in [6.07, 6.45) is 0.364. The van der Waals surface area contributed by atoms with Gasteiger partial charge < -0.3 is 15.0 Å². The minimum atomic E-state index is -0.294. The minimum Gasteiger partial charge on any atom is -0.448 e. The van der Waals surface area contributed by atoms with E-state index in [0.717, 1.165) is 0 Å². The van der Waals surface area contributed by atoms with Gasteiger partial charge in [0, 0.05) is 18.1 Å². The van der Waals surface area contributed by atoms with Crippen molar-refractivity contribution in [3.05, 3.63) is 33.8 Å². The minimum absolute atomic E-state index is 0.254. The first-order valence-electron chi connectivity index (χ1n) is 6.23. The molecule has 0 saturated carbocycles. The highest BCUT2D eigenvalue weighted by atomic mass is 35.5. The van der Waals surface area contributed by atoms with Crippen LogP contribution in [-0.2, 0) is 4.74 Å². The van der Waals surface area contributed by atoms with Gasteiger partial charge in [-0.25, -0.2) is 4.79 Å². The van der Waals surface area contributed by atoms with E-state index in [0.29, 0.717) is 48.3 Å². The van der Waals surface area contributed by atoms with Gasteiger partial charge >= 0.3 is 6.09 Å². The van der Waals surface area contributed by atoms with E-state index in [1.54, 1.807) is 17.0 Å². The number of rotatable bonds is 5. The smallest absolute Gasteiger partial charge is 0.409 e. The molecule has 0 unspecified atom stereocenters. The maximum absolute atomic E-state index is 11.9. The summed E-state index contributed by atoms with van der Waals surface area (Å²) in [5.74, 6) is -0.254. The summed E-state index contributed by atoms with van der Waals surface area (Å²) in [5, 5.41) is 3.56. The van der Waals surface area contributed by atoms with E-state index >= 15 is 0 Å². The normalized spacial score (nSPS) is 14.3. The molecule has 108 valence electrons. The first-order valence-corrected chi connectivity index (χ1v) is 6.98. The first kappa shape index (κ1) is 14.9. The molecule has 1 aliphatic rings. The fraction of sp³-hybridized carbons (Fsp3) is 0.385. The zero-order valence-corrected chi connectivity index (χ0v) is 12.2. The Kier molecular flexibility index (Phi) is 5.09. The standard InChI is InChI=1S/C13H14Cl2N2O3/c14-9-2-3-10(11(15)8-9)12(18)16-4-1-5-17-6-7-20-13(17)19/h2-3,8H,1,4-7H2,(H,16,18). The molecular weight excluding hydrogens is 303 g/mol. The number of hydrogen-bond donors (Lipinski definition) is 1. The van der Waals surface area contributed by atoms with E-state index in [1.807, 2.05) is 0 Å². The van der Waals surface area contributed by atoms with E-state index in [4.69, 9.17) is 27.9 Å². The van der Waals surface area contributed by atoms with Gasteiger partial charge in [0.25, 0.3) is 5.91 Å². The van der Waals surface area contributed by atoms with Crippen molar-refractivity contribution in [2.75, 3.05) is 26.2 Å². The number of nitrogens with one attached hydrogen (secondary N) is 1. The van der Waals surface area contributed by atoms with Gasteiger partial charge in [-0.15, -0.1) is 0 Å². The second-order valence-electron chi connectivity index (χ2n) is 4.34. The third-order valence-electron chi connectivity index (χ3n) is 2.91. The van der Waals surface area contributed by atoms with E-state index in [-0.39, 0.29) is 12.0 Å². The number of carbonyl (C=O) groups excluding carboxylic acids is 2. The van der Waals surface area contributed by atoms with Crippen LogP contribution in [0.3, 0.4) is 0 Å². The summed E-state index contributed by atoms with van der Waals surface area (Å²) in [6, 6.07) is 4.72. The predicted octanol–water partition coefficient (Wildman–Crippen LogP) is 2.57. The molecule has 5 nitrogen and oxygen atoms in total. The number of halogens is 2. The van der Waals surface area contributed by atoms with Crippen LogP contribution in [0, 0.1) is 0 Å². The Morgan fingerprint density at radius 1 is 1.40 bits per heavy atom. The van der Waals surface area contributed by atoms with Gasteiger partial charge in [0.15, 0.2) is 0 Å². The maximum atomic E-state index is 11.9. The van der Waals surface area contributed by atoms with Gasteiger partial charge in [-0.1, -0.05) is 23.2 Å². The molecule has 1 fully saturated rings. The van der Waals surface area contributed by atoms with Crippen molar-refractivity contribution < 1.29 is 14.3 Å². The Morgan fingerprint density at radius 2 is 2.20 bits per heavy atom. The van der Waals surface area contributed by atoms with Crippen molar-refractivity contribution in [1.82, 2.24) is 10.2 Å². The molecule has 7 heteroatoms. The van der Waals surface area contributed by atoms with Gasteiger partial charge in [0.2, 0.25) is 0 Å². The second-order valence-corrected chi connectivity index (χ2v) is 5.18. The molecule has 0 bridgehead atoms. The number of cyclic esters (lactones) is 1. The summed E-state index contributed by atoms with van der Waals surface area (Å²) in [4.78, 5) is 24.7. The van der Waals surface area contributed by atoms with Crippen LogP contribution in [0.2, 0.25) is 10.0 Å². The molecule has 0 spiro atoms. The van der Waals surface area contributed by atoms with E-state index in [2.05, 4.69) is 5.32 Å². The quantitative estimate of drug-likeness (QED) is 0.849.